The van der Waals surface area contributed by atoms with Crippen LogP contribution in [-0.2, 0) is 4.79 Å². The lowest BCUT2D eigenvalue weighted by molar-refractivity contribution is -0.119. The van der Waals surface area contributed by atoms with E-state index in [1.165, 1.54) is 32.1 Å². The maximum absolute atomic E-state index is 11.1. The van der Waals surface area contributed by atoms with Gasteiger partial charge in [0.25, 0.3) is 0 Å². The van der Waals surface area contributed by atoms with Gasteiger partial charge in [0.2, 0.25) is 5.91 Å². The number of halogens is 1. The van der Waals surface area contributed by atoms with E-state index in [1.54, 1.807) is 0 Å². The molecule has 0 aromatic carbocycles. The third kappa shape index (κ3) is 10.4. The molecular weight excluding hydrogens is 415 g/mol. The highest BCUT2D eigenvalue weighted by molar-refractivity contribution is 14.0. The first kappa shape index (κ1) is 23.5. The van der Waals surface area contributed by atoms with Crippen molar-refractivity contribution >= 4 is 35.8 Å². The van der Waals surface area contributed by atoms with Crippen LogP contribution in [0.4, 0.5) is 0 Å². The quantitative estimate of drug-likeness (QED) is 0.244. The van der Waals surface area contributed by atoms with Crippen molar-refractivity contribution in [3.05, 3.63) is 0 Å². The van der Waals surface area contributed by atoms with Gasteiger partial charge in [0, 0.05) is 33.1 Å². The van der Waals surface area contributed by atoms with E-state index in [0.29, 0.717) is 12.3 Å². The summed E-state index contributed by atoms with van der Waals surface area (Å²) in [6.07, 6.45) is 9.15. The van der Waals surface area contributed by atoms with Gasteiger partial charge in [-0.15, -0.1) is 24.0 Å². The van der Waals surface area contributed by atoms with E-state index in [9.17, 15) is 4.79 Å². The summed E-state index contributed by atoms with van der Waals surface area (Å²) in [5.41, 5.74) is 5.33. The minimum Gasteiger partial charge on any atom is -0.370 e. The fourth-order valence-corrected chi connectivity index (χ4v) is 3.27. The van der Waals surface area contributed by atoms with Gasteiger partial charge in [-0.1, -0.05) is 39.5 Å². The van der Waals surface area contributed by atoms with Crippen LogP contribution in [0.25, 0.3) is 0 Å². The molecule has 0 saturated carbocycles. The van der Waals surface area contributed by atoms with Crippen molar-refractivity contribution in [3.63, 3.8) is 0 Å². The van der Waals surface area contributed by atoms with E-state index >= 15 is 0 Å². The van der Waals surface area contributed by atoms with Crippen LogP contribution in [-0.4, -0.2) is 43.4 Å². The molecule has 6 heteroatoms. The normalized spacial score (nSPS) is 18.4. The number of aliphatic imine (C=N–C) groups is 1. The molecule has 3 N–H and O–H groups in total. The lowest BCUT2D eigenvalue weighted by Gasteiger charge is -2.34. The average Bonchev–Trinajstić information content (AvgIpc) is 2.49. The van der Waals surface area contributed by atoms with Crippen molar-refractivity contribution in [1.29, 1.82) is 0 Å². The molecule has 1 unspecified atom stereocenters. The summed E-state index contributed by atoms with van der Waals surface area (Å²) in [6, 6.07) is 0. The van der Waals surface area contributed by atoms with Crippen LogP contribution in [0.3, 0.4) is 0 Å². The number of rotatable bonds is 9. The Morgan fingerprint density at radius 1 is 1.29 bits per heavy atom. The van der Waals surface area contributed by atoms with E-state index in [2.05, 4.69) is 29.1 Å². The van der Waals surface area contributed by atoms with E-state index in [1.807, 2.05) is 7.05 Å². The minimum atomic E-state index is -0.193. The summed E-state index contributed by atoms with van der Waals surface area (Å²) in [7, 11) is 1.84. The Hall–Kier alpha value is -0.530. The van der Waals surface area contributed by atoms with Gasteiger partial charge in [-0.3, -0.25) is 9.79 Å². The molecule has 1 aliphatic heterocycles. The van der Waals surface area contributed by atoms with Gasteiger partial charge in [-0.25, -0.2) is 0 Å². The van der Waals surface area contributed by atoms with Crippen molar-refractivity contribution < 1.29 is 4.79 Å². The second-order valence-electron chi connectivity index (χ2n) is 7.20. The van der Waals surface area contributed by atoms with Gasteiger partial charge in [0.1, 0.15) is 0 Å². The number of hydrogen-bond donors (Lipinski definition) is 2. The molecule has 0 aromatic heterocycles. The lowest BCUT2D eigenvalue weighted by Crippen LogP contribution is -2.47. The fourth-order valence-electron chi connectivity index (χ4n) is 3.27. The Balaban J connectivity index is 0.00000529. The van der Waals surface area contributed by atoms with Gasteiger partial charge in [-0.05, 0) is 31.1 Å². The number of carbonyl (C=O) groups excluding carboxylic acids is 1. The largest absolute Gasteiger partial charge is 0.370 e. The first-order valence-corrected chi connectivity index (χ1v) is 9.26. The number of hydrogen-bond acceptors (Lipinski definition) is 2. The highest BCUT2D eigenvalue weighted by atomic mass is 127. The molecule has 0 radical (unpaired) electrons. The molecule has 142 valence electrons. The van der Waals surface area contributed by atoms with E-state index in [-0.39, 0.29) is 29.9 Å². The minimum absolute atomic E-state index is 0. The van der Waals surface area contributed by atoms with Gasteiger partial charge in [0.05, 0.1) is 0 Å². The first-order chi connectivity index (χ1) is 11.0. The SMILES string of the molecule is CN=C(NCCCCCCC(C)C)N1CCCC(CC(N)=O)C1.I. The summed E-state index contributed by atoms with van der Waals surface area (Å²) in [4.78, 5) is 17.8. The van der Waals surface area contributed by atoms with Crippen molar-refractivity contribution in [2.45, 2.75) is 65.2 Å². The number of guanidine groups is 1. The average molecular weight is 452 g/mol. The summed E-state index contributed by atoms with van der Waals surface area (Å²) in [6.45, 7) is 7.46. The molecule has 1 heterocycles. The molecule has 0 aromatic rings. The molecule has 0 aliphatic carbocycles. The number of nitrogens with one attached hydrogen (secondary N) is 1. The zero-order chi connectivity index (χ0) is 17.1. The summed E-state index contributed by atoms with van der Waals surface area (Å²) >= 11 is 0. The molecule has 0 spiro atoms. The second-order valence-corrected chi connectivity index (χ2v) is 7.20. The lowest BCUT2D eigenvalue weighted by atomic mass is 9.95. The summed E-state index contributed by atoms with van der Waals surface area (Å²) in [5, 5.41) is 3.47. The molecule has 1 aliphatic rings. The second kappa shape index (κ2) is 13.7. The highest BCUT2D eigenvalue weighted by Crippen LogP contribution is 2.19. The predicted octanol–water partition coefficient (Wildman–Crippen LogP) is 3.37. The van der Waals surface area contributed by atoms with Crippen LogP contribution in [0.5, 0.6) is 0 Å². The third-order valence-electron chi connectivity index (χ3n) is 4.51. The highest BCUT2D eigenvalue weighted by Gasteiger charge is 2.23. The maximum Gasteiger partial charge on any atom is 0.217 e. The monoisotopic (exact) mass is 452 g/mol. The van der Waals surface area contributed by atoms with Gasteiger partial charge >= 0.3 is 0 Å². The number of carbonyl (C=O) groups is 1. The Morgan fingerprint density at radius 2 is 2.00 bits per heavy atom. The Labute approximate surface area is 165 Å². The summed E-state index contributed by atoms with van der Waals surface area (Å²) < 4.78 is 0. The third-order valence-corrected chi connectivity index (χ3v) is 4.51. The predicted molar refractivity (Wildman–Crippen MR) is 113 cm³/mol. The molecule has 1 fully saturated rings. The molecule has 0 bridgehead atoms. The molecular formula is C18H37IN4O. The Bertz CT molecular complexity index is 374. The molecule has 1 saturated heterocycles. The van der Waals surface area contributed by atoms with Crippen molar-refractivity contribution in [1.82, 2.24) is 10.2 Å². The van der Waals surface area contributed by atoms with Crippen LogP contribution in [0.15, 0.2) is 4.99 Å². The van der Waals surface area contributed by atoms with E-state index in [0.717, 1.165) is 44.4 Å². The number of nitrogens with zero attached hydrogens (tertiary/aromatic N) is 2. The van der Waals surface area contributed by atoms with Gasteiger partial charge < -0.3 is 16.0 Å². The molecule has 1 atom stereocenters. The van der Waals surface area contributed by atoms with Crippen LogP contribution in [0.2, 0.25) is 0 Å². The smallest absolute Gasteiger partial charge is 0.217 e. The van der Waals surface area contributed by atoms with Gasteiger partial charge in [0.15, 0.2) is 5.96 Å². The Morgan fingerprint density at radius 3 is 2.62 bits per heavy atom. The number of unbranched alkanes of at least 4 members (excludes halogenated alkanes) is 3. The number of piperidine rings is 1. The van der Waals surface area contributed by atoms with Crippen LogP contribution in [0, 0.1) is 11.8 Å². The van der Waals surface area contributed by atoms with Crippen LogP contribution in [0.1, 0.15) is 65.2 Å². The Kier molecular flexibility index (Phi) is 13.4. The summed E-state index contributed by atoms with van der Waals surface area (Å²) in [5.74, 6) is 1.97. The van der Waals surface area contributed by atoms with Crippen LogP contribution >= 0.6 is 24.0 Å². The van der Waals surface area contributed by atoms with Crippen LogP contribution < -0.4 is 11.1 Å². The van der Waals surface area contributed by atoms with E-state index in [4.69, 9.17) is 5.73 Å². The molecule has 1 rings (SSSR count). The first-order valence-electron chi connectivity index (χ1n) is 9.26. The number of likely N-dealkylation sites (tertiary alicyclic amines) is 1. The number of amides is 1. The van der Waals surface area contributed by atoms with Crippen molar-refractivity contribution in [2.75, 3.05) is 26.7 Å². The number of primary amides is 1. The molecule has 5 nitrogen and oxygen atoms in total. The topological polar surface area (TPSA) is 70.7 Å². The molecule has 1 amide bonds. The standard InChI is InChI=1S/C18H36N4O.HI/c1-15(2)9-6-4-5-7-11-21-18(20-3)22-12-8-10-16(14-22)13-17(19)23;/h15-16H,4-14H2,1-3H3,(H2,19,23)(H,20,21);1H. The fraction of sp³-hybridized carbons (Fsp3) is 0.889. The zero-order valence-corrected chi connectivity index (χ0v) is 18.1. The maximum atomic E-state index is 11.1. The number of nitrogens with two attached hydrogens (primary N) is 1. The van der Waals surface area contributed by atoms with Crippen molar-refractivity contribution in [3.8, 4) is 0 Å². The van der Waals surface area contributed by atoms with E-state index < -0.39 is 0 Å². The van der Waals surface area contributed by atoms with Crippen molar-refractivity contribution in [2.24, 2.45) is 22.6 Å². The zero-order valence-electron chi connectivity index (χ0n) is 15.7. The molecule has 24 heavy (non-hydrogen) atoms. The van der Waals surface area contributed by atoms with Gasteiger partial charge in [-0.2, -0.15) is 0 Å².